The minimum atomic E-state index is -5.57. The number of benzene rings is 1. The van der Waals surface area contributed by atoms with Gasteiger partial charge in [-0.2, -0.15) is 22.0 Å². The molecule has 0 heterocycles. The molecule has 0 N–H and O–H groups in total. The second kappa shape index (κ2) is 6.73. The van der Waals surface area contributed by atoms with Gasteiger partial charge in [-0.25, -0.2) is 0 Å². The van der Waals surface area contributed by atoms with Crippen molar-refractivity contribution in [1.82, 2.24) is 0 Å². The molecule has 0 aliphatic rings. The van der Waals surface area contributed by atoms with Crippen LogP contribution in [0.15, 0.2) is 24.3 Å². The van der Waals surface area contributed by atoms with Crippen molar-refractivity contribution < 1.29 is 26.7 Å². The number of hydrogen-bond donors (Lipinski definition) is 0. The second-order valence-electron chi connectivity index (χ2n) is 5.47. The van der Waals surface area contributed by atoms with E-state index < -0.39 is 24.6 Å². The molecule has 1 atom stereocenters. The third kappa shape index (κ3) is 4.95. The Labute approximate surface area is 121 Å². The average molecular weight is 310 g/mol. The zero-order chi connectivity index (χ0) is 16.3. The van der Waals surface area contributed by atoms with Gasteiger partial charge in [-0.3, -0.25) is 0 Å². The summed E-state index contributed by atoms with van der Waals surface area (Å²) in [5.74, 6) is -4.42. The molecule has 0 amide bonds. The van der Waals surface area contributed by atoms with Crippen LogP contribution in [-0.2, 0) is 11.2 Å². The van der Waals surface area contributed by atoms with Crippen molar-refractivity contribution in [2.75, 3.05) is 7.11 Å². The van der Waals surface area contributed by atoms with Gasteiger partial charge in [-0.15, -0.1) is 0 Å². The van der Waals surface area contributed by atoms with Crippen LogP contribution in [0.3, 0.4) is 0 Å². The molecule has 120 valence electrons. The summed E-state index contributed by atoms with van der Waals surface area (Å²) in [5, 5.41) is 0. The lowest BCUT2D eigenvalue weighted by Crippen LogP contribution is -2.38. The monoisotopic (exact) mass is 310 g/mol. The first-order chi connectivity index (χ1) is 9.56. The highest BCUT2D eigenvalue weighted by Gasteiger charge is 2.58. The Bertz CT molecular complexity index is 454. The van der Waals surface area contributed by atoms with E-state index in [1.54, 1.807) is 12.1 Å². The van der Waals surface area contributed by atoms with Gasteiger partial charge in [0.1, 0.15) is 0 Å². The highest BCUT2D eigenvalue weighted by molar-refractivity contribution is 5.26. The molecule has 0 aromatic heterocycles. The second-order valence-corrected chi connectivity index (χ2v) is 5.47. The van der Waals surface area contributed by atoms with Crippen LogP contribution in [0.1, 0.15) is 37.5 Å². The Morgan fingerprint density at radius 3 is 2.19 bits per heavy atom. The van der Waals surface area contributed by atoms with Crippen molar-refractivity contribution in [3.05, 3.63) is 35.4 Å². The summed E-state index contributed by atoms with van der Waals surface area (Å²) >= 11 is 0. The Morgan fingerprint density at radius 1 is 1.10 bits per heavy atom. The minimum absolute atomic E-state index is 0.333. The number of alkyl halides is 5. The van der Waals surface area contributed by atoms with Crippen LogP contribution in [0.2, 0.25) is 0 Å². The van der Waals surface area contributed by atoms with E-state index in [1.165, 1.54) is 6.07 Å². The van der Waals surface area contributed by atoms with Crippen LogP contribution < -0.4 is 0 Å². The number of hydrogen-bond acceptors (Lipinski definition) is 1. The molecule has 1 nitrogen and oxygen atoms in total. The fourth-order valence-corrected chi connectivity index (χ4v) is 2.08. The topological polar surface area (TPSA) is 9.23 Å². The summed E-state index contributed by atoms with van der Waals surface area (Å²) in [6.07, 6.45) is -7.56. The molecule has 0 aliphatic heterocycles. The zero-order valence-electron chi connectivity index (χ0n) is 12.2. The van der Waals surface area contributed by atoms with E-state index in [1.807, 2.05) is 19.9 Å². The molecule has 0 saturated carbocycles. The van der Waals surface area contributed by atoms with Crippen molar-refractivity contribution >= 4 is 0 Å². The molecule has 0 saturated heterocycles. The summed E-state index contributed by atoms with van der Waals surface area (Å²) in [5.41, 5.74) is 1.22. The molecule has 0 spiro atoms. The fourth-order valence-electron chi connectivity index (χ4n) is 2.08. The summed E-state index contributed by atoms with van der Waals surface area (Å²) in [4.78, 5) is 0. The highest BCUT2D eigenvalue weighted by atomic mass is 19.4. The van der Waals surface area contributed by atoms with Crippen molar-refractivity contribution in [2.45, 2.75) is 44.9 Å². The standard InChI is InChI=1S/C15H19F5O/c1-10(2)7-11-5-4-6-12(8-11)13(21-3)9-14(16,17)15(18,19)20/h4-6,8,10,13H,7,9H2,1-3H3. The van der Waals surface area contributed by atoms with E-state index in [-0.39, 0.29) is 0 Å². The van der Waals surface area contributed by atoms with E-state index in [0.717, 1.165) is 19.1 Å². The fraction of sp³-hybridized carbons (Fsp3) is 0.600. The summed E-state index contributed by atoms with van der Waals surface area (Å²) < 4.78 is 68.0. The van der Waals surface area contributed by atoms with Crippen molar-refractivity contribution in [3.63, 3.8) is 0 Å². The van der Waals surface area contributed by atoms with E-state index in [2.05, 4.69) is 0 Å². The SMILES string of the molecule is COC(CC(F)(F)C(F)(F)F)c1cccc(CC(C)C)c1. The molecule has 1 unspecified atom stereocenters. The van der Waals surface area contributed by atoms with Gasteiger partial charge in [0.15, 0.2) is 0 Å². The van der Waals surface area contributed by atoms with E-state index in [9.17, 15) is 22.0 Å². The number of halogens is 5. The third-order valence-corrected chi connectivity index (χ3v) is 3.11. The Balaban J connectivity index is 2.95. The highest BCUT2D eigenvalue weighted by Crippen LogP contribution is 2.42. The number of ether oxygens (including phenoxy) is 1. The van der Waals surface area contributed by atoms with Crippen molar-refractivity contribution in [2.24, 2.45) is 5.92 Å². The van der Waals surface area contributed by atoms with Crippen molar-refractivity contribution in [3.8, 4) is 0 Å². The predicted molar refractivity (Wildman–Crippen MR) is 70.4 cm³/mol. The molecule has 0 aliphatic carbocycles. The largest absolute Gasteiger partial charge is 0.453 e. The molecule has 0 fully saturated rings. The molecule has 0 radical (unpaired) electrons. The first-order valence-electron chi connectivity index (χ1n) is 6.63. The molecule has 21 heavy (non-hydrogen) atoms. The maximum absolute atomic E-state index is 13.2. The quantitative estimate of drug-likeness (QED) is 0.659. The van der Waals surface area contributed by atoms with Crippen LogP contribution in [0.4, 0.5) is 22.0 Å². The normalized spacial score (nSPS) is 14.5. The Morgan fingerprint density at radius 2 is 1.71 bits per heavy atom. The first kappa shape index (κ1) is 17.9. The molecule has 0 bridgehead atoms. The van der Waals surface area contributed by atoms with Crippen LogP contribution in [-0.4, -0.2) is 19.2 Å². The van der Waals surface area contributed by atoms with E-state index in [4.69, 9.17) is 4.74 Å². The molecular formula is C15H19F5O. The van der Waals surface area contributed by atoms with E-state index >= 15 is 0 Å². The van der Waals surface area contributed by atoms with Crippen LogP contribution in [0, 0.1) is 5.92 Å². The number of methoxy groups -OCH3 is 1. The van der Waals surface area contributed by atoms with Gasteiger partial charge in [-0.1, -0.05) is 38.1 Å². The van der Waals surface area contributed by atoms with Gasteiger partial charge >= 0.3 is 12.1 Å². The maximum Gasteiger partial charge on any atom is 0.453 e. The smallest absolute Gasteiger partial charge is 0.377 e. The summed E-state index contributed by atoms with van der Waals surface area (Å²) in [6, 6.07) is 6.59. The summed E-state index contributed by atoms with van der Waals surface area (Å²) in [7, 11) is 1.13. The van der Waals surface area contributed by atoms with Crippen molar-refractivity contribution in [1.29, 1.82) is 0 Å². The Kier molecular flexibility index (Phi) is 5.73. The number of rotatable bonds is 6. The lowest BCUT2D eigenvalue weighted by molar-refractivity contribution is -0.291. The summed E-state index contributed by atoms with van der Waals surface area (Å²) in [6.45, 7) is 4.00. The van der Waals surface area contributed by atoms with Gasteiger partial charge in [0, 0.05) is 7.11 Å². The molecule has 1 aromatic rings. The lowest BCUT2D eigenvalue weighted by atomic mass is 9.96. The van der Waals surface area contributed by atoms with E-state index in [0.29, 0.717) is 11.5 Å². The zero-order valence-corrected chi connectivity index (χ0v) is 12.2. The minimum Gasteiger partial charge on any atom is -0.377 e. The third-order valence-electron chi connectivity index (χ3n) is 3.11. The van der Waals surface area contributed by atoms with Crippen LogP contribution in [0.25, 0.3) is 0 Å². The van der Waals surface area contributed by atoms with Gasteiger partial charge < -0.3 is 4.74 Å². The van der Waals surface area contributed by atoms with Gasteiger partial charge in [0.2, 0.25) is 0 Å². The molecular weight excluding hydrogens is 291 g/mol. The molecule has 1 rings (SSSR count). The Hall–Kier alpha value is -1.17. The lowest BCUT2D eigenvalue weighted by Gasteiger charge is -2.25. The van der Waals surface area contributed by atoms with Crippen LogP contribution >= 0.6 is 0 Å². The van der Waals surface area contributed by atoms with Gasteiger partial charge in [0.25, 0.3) is 0 Å². The average Bonchev–Trinajstić information content (AvgIpc) is 2.34. The first-order valence-corrected chi connectivity index (χ1v) is 6.63. The van der Waals surface area contributed by atoms with Gasteiger partial charge in [0.05, 0.1) is 12.5 Å². The van der Waals surface area contributed by atoms with Crippen LogP contribution in [0.5, 0.6) is 0 Å². The molecule has 6 heteroatoms. The van der Waals surface area contributed by atoms with Gasteiger partial charge in [-0.05, 0) is 23.5 Å². The predicted octanol–water partition coefficient (Wildman–Crippen LogP) is 5.16. The maximum atomic E-state index is 13.2. The molecule has 1 aromatic carbocycles.